The van der Waals surface area contributed by atoms with Crippen LogP contribution in [0.1, 0.15) is 23.7 Å². The summed E-state index contributed by atoms with van der Waals surface area (Å²) in [6, 6.07) is 11.4. The monoisotopic (exact) mass is 246 g/mol. The summed E-state index contributed by atoms with van der Waals surface area (Å²) in [4.78, 5) is 11.8. The normalized spacial score (nSPS) is 10.4. The Balaban J connectivity index is 2.68. The second-order valence-corrected chi connectivity index (χ2v) is 3.93. The summed E-state index contributed by atoms with van der Waals surface area (Å²) in [5.41, 5.74) is 0.971. The average Bonchev–Trinajstić information content (AvgIpc) is 2.42. The molecule has 1 nitrogen and oxygen atoms in total. The predicted octanol–water partition coefficient (Wildman–Crippen LogP) is 4.22. The lowest BCUT2D eigenvalue weighted by Crippen LogP contribution is -2.05. The van der Waals surface area contributed by atoms with Crippen molar-refractivity contribution in [1.29, 1.82) is 0 Å². The van der Waals surface area contributed by atoms with Gasteiger partial charge in [-0.3, -0.25) is 4.79 Å². The maximum atomic E-state index is 13.8. The zero-order valence-corrected chi connectivity index (χ0v) is 9.91. The molecule has 0 unspecified atom stereocenters. The summed E-state index contributed by atoms with van der Waals surface area (Å²) < 4.78 is 27.0. The number of hydrogen-bond acceptors (Lipinski definition) is 1. The molecule has 0 bridgehead atoms. The van der Waals surface area contributed by atoms with Crippen LogP contribution < -0.4 is 0 Å². The standard InChI is InChI=1S/C15H12F2O/c1-2-13(18)14-11(8-9-12(16)15(14)17)10-6-4-3-5-7-10/h3-9H,2H2,1H3. The molecule has 2 aromatic rings. The maximum absolute atomic E-state index is 13.8. The summed E-state index contributed by atoms with van der Waals surface area (Å²) in [5.74, 6) is -2.46. The molecule has 2 rings (SSSR count). The van der Waals surface area contributed by atoms with Gasteiger partial charge in [-0.25, -0.2) is 8.78 Å². The number of ketones is 1. The van der Waals surface area contributed by atoms with Crippen LogP contribution in [0.25, 0.3) is 11.1 Å². The van der Waals surface area contributed by atoms with Crippen LogP contribution in [0.5, 0.6) is 0 Å². The molecule has 0 saturated heterocycles. The maximum Gasteiger partial charge on any atom is 0.170 e. The van der Waals surface area contributed by atoms with Crippen molar-refractivity contribution in [3.05, 3.63) is 59.7 Å². The molecule has 92 valence electrons. The van der Waals surface area contributed by atoms with E-state index in [4.69, 9.17) is 0 Å². The van der Waals surface area contributed by atoms with Crippen LogP contribution in [0.4, 0.5) is 8.78 Å². The van der Waals surface area contributed by atoms with Crippen LogP contribution >= 0.6 is 0 Å². The second-order valence-electron chi connectivity index (χ2n) is 3.93. The highest BCUT2D eigenvalue weighted by Gasteiger charge is 2.19. The first-order valence-corrected chi connectivity index (χ1v) is 5.71. The number of rotatable bonds is 3. The van der Waals surface area contributed by atoms with Gasteiger partial charge in [0.05, 0.1) is 5.56 Å². The van der Waals surface area contributed by atoms with E-state index < -0.39 is 17.4 Å². The molecule has 3 heteroatoms. The third kappa shape index (κ3) is 2.16. The van der Waals surface area contributed by atoms with Gasteiger partial charge in [0.25, 0.3) is 0 Å². The molecule has 0 fully saturated rings. The van der Waals surface area contributed by atoms with E-state index >= 15 is 0 Å². The van der Waals surface area contributed by atoms with Gasteiger partial charge >= 0.3 is 0 Å². The van der Waals surface area contributed by atoms with E-state index in [0.717, 1.165) is 6.07 Å². The summed E-state index contributed by atoms with van der Waals surface area (Å²) in [5, 5.41) is 0. The van der Waals surface area contributed by atoms with Crippen molar-refractivity contribution in [3.8, 4) is 11.1 Å². The molecule has 0 aliphatic heterocycles. The Morgan fingerprint density at radius 1 is 1.06 bits per heavy atom. The van der Waals surface area contributed by atoms with E-state index in [-0.39, 0.29) is 12.0 Å². The third-order valence-electron chi connectivity index (χ3n) is 2.78. The third-order valence-corrected chi connectivity index (χ3v) is 2.78. The Hall–Kier alpha value is -2.03. The van der Waals surface area contributed by atoms with Crippen LogP contribution in [0.15, 0.2) is 42.5 Å². The molecule has 0 radical (unpaired) electrons. The van der Waals surface area contributed by atoms with Gasteiger partial charge in [-0.15, -0.1) is 0 Å². The lowest BCUT2D eigenvalue weighted by atomic mass is 9.95. The zero-order chi connectivity index (χ0) is 13.1. The van der Waals surface area contributed by atoms with Crippen molar-refractivity contribution in [1.82, 2.24) is 0 Å². The Labute approximate surface area is 104 Å². The second kappa shape index (κ2) is 5.08. The van der Waals surface area contributed by atoms with Gasteiger partial charge in [0, 0.05) is 6.42 Å². The van der Waals surface area contributed by atoms with Crippen molar-refractivity contribution in [2.75, 3.05) is 0 Å². The van der Waals surface area contributed by atoms with E-state index in [1.807, 2.05) is 6.07 Å². The van der Waals surface area contributed by atoms with Crippen LogP contribution in [0, 0.1) is 11.6 Å². The first kappa shape index (κ1) is 12.4. The highest BCUT2D eigenvalue weighted by Crippen LogP contribution is 2.28. The number of halogens is 2. The van der Waals surface area contributed by atoms with Gasteiger partial charge in [0.15, 0.2) is 17.4 Å². The molecular formula is C15H12F2O. The topological polar surface area (TPSA) is 17.1 Å². The summed E-state index contributed by atoms with van der Waals surface area (Å²) in [6.45, 7) is 1.63. The van der Waals surface area contributed by atoms with Crippen molar-refractivity contribution < 1.29 is 13.6 Å². The lowest BCUT2D eigenvalue weighted by Gasteiger charge is -2.09. The number of Topliss-reactive ketones (excluding diaryl/α,β-unsaturated/α-hetero) is 1. The van der Waals surface area contributed by atoms with Crippen LogP contribution in [0.2, 0.25) is 0 Å². The highest BCUT2D eigenvalue weighted by molar-refractivity contribution is 6.02. The molecule has 0 aliphatic rings. The van der Waals surface area contributed by atoms with E-state index in [0.29, 0.717) is 11.1 Å². The molecule has 0 atom stereocenters. The minimum absolute atomic E-state index is 0.139. The van der Waals surface area contributed by atoms with Crippen molar-refractivity contribution in [2.45, 2.75) is 13.3 Å². The van der Waals surface area contributed by atoms with Crippen molar-refractivity contribution in [3.63, 3.8) is 0 Å². The smallest absolute Gasteiger partial charge is 0.170 e. The summed E-state index contributed by atoms with van der Waals surface area (Å²) >= 11 is 0. The fourth-order valence-corrected chi connectivity index (χ4v) is 1.86. The van der Waals surface area contributed by atoms with Crippen molar-refractivity contribution >= 4 is 5.78 Å². The molecule has 0 saturated carbocycles. The predicted molar refractivity (Wildman–Crippen MR) is 66.4 cm³/mol. The first-order valence-electron chi connectivity index (χ1n) is 5.71. The minimum atomic E-state index is -1.07. The highest BCUT2D eigenvalue weighted by atomic mass is 19.2. The molecule has 18 heavy (non-hydrogen) atoms. The van der Waals surface area contributed by atoms with E-state index in [2.05, 4.69) is 0 Å². The van der Waals surface area contributed by atoms with Gasteiger partial charge < -0.3 is 0 Å². The lowest BCUT2D eigenvalue weighted by molar-refractivity contribution is 0.0984. The average molecular weight is 246 g/mol. The summed E-state index contributed by atoms with van der Waals surface area (Å²) in [7, 11) is 0. The number of benzene rings is 2. The largest absolute Gasteiger partial charge is 0.294 e. The van der Waals surface area contributed by atoms with Gasteiger partial charge in [-0.1, -0.05) is 43.3 Å². The van der Waals surface area contributed by atoms with E-state index in [9.17, 15) is 13.6 Å². The minimum Gasteiger partial charge on any atom is -0.294 e. The van der Waals surface area contributed by atoms with Gasteiger partial charge in [-0.2, -0.15) is 0 Å². The first-order chi connectivity index (χ1) is 8.65. The van der Waals surface area contributed by atoms with Gasteiger partial charge in [0.2, 0.25) is 0 Å². The molecule has 0 spiro atoms. The van der Waals surface area contributed by atoms with Crippen LogP contribution in [-0.4, -0.2) is 5.78 Å². The van der Waals surface area contributed by atoms with E-state index in [1.165, 1.54) is 6.07 Å². The fourth-order valence-electron chi connectivity index (χ4n) is 1.86. The van der Waals surface area contributed by atoms with Crippen molar-refractivity contribution in [2.24, 2.45) is 0 Å². The molecule has 0 N–H and O–H groups in total. The molecule has 0 heterocycles. The molecule has 0 aliphatic carbocycles. The number of hydrogen-bond donors (Lipinski definition) is 0. The zero-order valence-electron chi connectivity index (χ0n) is 9.91. The Morgan fingerprint density at radius 2 is 1.72 bits per heavy atom. The van der Waals surface area contributed by atoms with Crippen LogP contribution in [-0.2, 0) is 0 Å². The molecule has 2 aromatic carbocycles. The Morgan fingerprint density at radius 3 is 2.33 bits per heavy atom. The fraction of sp³-hybridized carbons (Fsp3) is 0.133. The van der Waals surface area contributed by atoms with E-state index in [1.54, 1.807) is 31.2 Å². The quantitative estimate of drug-likeness (QED) is 0.741. The molecule has 0 aromatic heterocycles. The Kier molecular flexibility index (Phi) is 3.51. The number of carbonyl (C=O) groups excluding carboxylic acids is 1. The van der Waals surface area contributed by atoms with Crippen LogP contribution in [0.3, 0.4) is 0 Å². The van der Waals surface area contributed by atoms with Gasteiger partial charge in [-0.05, 0) is 17.2 Å². The summed E-state index contributed by atoms with van der Waals surface area (Å²) in [6.07, 6.45) is 0.139. The Bertz CT molecular complexity index is 577. The molecule has 0 amide bonds. The number of carbonyl (C=O) groups is 1. The molecular weight excluding hydrogens is 234 g/mol. The van der Waals surface area contributed by atoms with Gasteiger partial charge in [0.1, 0.15) is 0 Å². The SMILES string of the molecule is CCC(=O)c1c(-c2ccccc2)ccc(F)c1F.